The van der Waals surface area contributed by atoms with Gasteiger partial charge in [-0.2, -0.15) is 0 Å². The Kier molecular flexibility index (Phi) is 13.0. The number of fused-ring (bicyclic) bond motifs is 5. The van der Waals surface area contributed by atoms with Crippen LogP contribution in [0.3, 0.4) is 0 Å². The molecule has 22 nitrogen and oxygen atoms in total. The fourth-order valence-electron chi connectivity index (χ4n) is 9.12. The number of carbonyl (C=O) groups is 5. The van der Waals surface area contributed by atoms with E-state index in [0.717, 1.165) is 0 Å². The van der Waals surface area contributed by atoms with Crippen LogP contribution in [0, 0.1) is 58.9 Å². The van der Waals surface area contributed by atoms with Gasteiger partial charge in [0, 0.05) is 35.5 Å². The second kappa shape index (κ2) is 16.8. The van der Waals surface area contributed by atoms with Crippen molar-refractivity contribution in [3.8, 4) is 0 Å². The summed E-state index contributed by atoms with van der Waals surface area (Å²) in [6, 6.07) is -1.76. The van der Waals surface area contributed by atoms with Crippen LogP contribution in [0.15, 0.2) is 23.8 Å². The van der Waals surface area contributed by atoms with Gasteiger partial charge in [-0.05, 0) is 44.6 Å². The molecular weight excluding hydrogens is 759 g/mol. The third-order valence-electron chi connectivity index (χ3n) is 11.6. The summed E-state index contributed by atoms with van der Waals surface area (Å²) in [7, 11) is 0. The van der Waals surface area contributed by atoms with Gasteiger partial charge in [0.2, 0.25) is 5.78 Å². The zero-order valence-electron chi connectivity index (χ0n) is 30.7. The van der Waals surface area contributed by atoms with Gasteiger partial charge in [-0.3, -0.25) is 24.0 Å². The summed E-state index contributed by atoms with van der Waals surface area (Å²) in [4.78, 5) is 109. The van der Waals surface area contributed by atoms with Crippen LogP contribution in [-0.2, 0) is 52.7 Å². The van der Waals surface area contributed by atoms with Crippen molar-refractivity contribution in [3.63, 3.8) is 0 Å². The Balaban J connectivity index is 1.54. The lowest BCUT2D eigenvalue weighted by Crippen LogP contribution is -2.69. The van der Waals surface area contributed by atoms with Crippen molar-refractivity contribution >= 4 is 29.5 Å². The van der Waals surface area contributed by atoms with E-state index in [1.165, 1.54) is 12.2 Å². The van der Waals surface area contributed by atoms with Crippen molar-refractivity contribution < 1.29 is 77.5 Å². The van der Waals surface area contributed by atoms with E-state index in [1.807, 2.05) is 0 Å². The van der Waals surface area contributed by atoms with Crippen LogP contribution in [0.1, 0.15) is 65.7 Å². The first-order chi connectivity index (χ1) is 26.1. The van der Waals surface area contributed by atoms with Crippen LogP contribution in [0.2, 0.25) is 0 Å². The molecule has 3 N–H and O–H groups in total. The Morgan fingerprint density at radius 3 is 2.34 bits per heavy atom. The molecule has 2 saturated carbocycles. The smallest absolute Gasteiger partial charge is 0.323 e. The molecule has 0 aromatic carbocycles. The summed E-state index contributed by atoms with van der Waals surface area (Å²) < 4.78 is 33.7. The Bertz CT molecular complexity index is 1690. The van der Waals surface area contributed by atoms with E-state index in [2.05, 4.69) is 14.5 Å². The molecule has 4 aliphatic carbocycles. The summed E-state index contributed by atoms with van der Waals surface area (Å²) in [6.07, 6.45) is -0.709. The molecule has 10 atom stereocenters. The topological polar surface area (TPSA) is 316 Å². The number of halogens is 1. The van der Waals surface area contributed by atoms with Crippen LogP contribution in [-0.4, -0.2) is 106 Å². The molecule has 310 valence electrons. The highest BCUT2D eigenvalue weighted by molar-refractivity contribution is 5.95. The summed E-state index contributed by atoms with van der Waals surface area (Å²) in [5.41, 5.74) is -1.03. The molecule has 0 amide bonds. The van der Waals surface area contributed by atoms with E-state index >= 15 is 4.39 Å². The lowest BCUT2D eigenvalue weighted by molar-refractivity contribution is -0.790. The van der Waals surface area contributed by atoms with Gasteiger partial charge in [0.25, 0.3) is 15.3 Å². The van der Waals surface area contributed by atoms with Crippen molar-refractivity contribution in [2.45, 2.75) is 95.2 Å². The number of aliphatic hydroxyl groups is 1. The van der Waals surface area contributed by atoms with Crippen molar-refractivity contribution in [1.29, 1.82) is 0 Å². The average Bonchev–Trinajstić information content (AvgIpc) is 3.32. The number of hydrogen-bond donors (Lipinski definition) is 2. The minimum Gasteiger partial charge on any atom is -0.462 e. The predicted octanol–water partition coefficient (Wildman–Crippen LogP) is 1.03. The summed E-state index contributed by atoms with van der Waals surface area (Å²) in [5.74, 6) is -7.16. The second-order valence-electron chi connectivity index (χ2n) is 14.8. The maximum absolute atomic E-state index is 17.7. The second-order valence-corrected chi connectivity index (χ2v) is 14.8. The van der Waals surface area contributed by atoms with Gasteiger partial charge in [-0.15, -0.1) is 30.3 Å². The number of carbonyl (C=O) groups excluding carboxylic acids is 5. The molecule has 4 aliphatic rings. The molecule has 0 saturated heterocycles. The maximum Gasteiger partial charge on any atom is 0.323 e. The average molecular weight is 803 g/mol. The first-order valence-electron chi connectivity index (χ1n) is 17.6. The molecule has 0 aromatic heterocycles. The molecule has 56 heavy (non-hydrogen) atoms. The quantitative estimate of drug-likeness (QED) is 0.0460. The van der Waals surface area contributed by atoms with Gasteiger partial charge in [-0.1, -0.05) is 31.6 Å². The largest absolute Gasteiger partial charge is 0.462 e. The number of allylic oxidation sites excluding steroid dienone is 4. The van der Waals surface area contributed by atoms with Crippen LogP contribution in [0.5, 0.6) is 0 Å². The van der Waals surface area contributed by atoms with E-state index in [4.69, 9.17) is 19.9 Å². The van der Waals surface area contributed by atoms with E-state index in [9.17, 15) is 59.4 Å². The number of Topliss-reactive ketones (excluding diaryl/α,β-unsaturated/α-hetero) is 1. The van der Waals surface area contributed by atoms with E-state index in [0.29, 0.717) is 5.57 Å². The molecule has 4 rings (SSSR count). The lowest BCUT2D eigenvalue weighted by Gasteiger charge is -2.62. The monoisotopic (exact) mass is 802 g/mol. The number of aliphatic hydroxyl groups excluding tert-OH is 1. The number of alkyl halides is 1. The van der Waals surface area contributed by atoms with Crippen LogP contribution < -0.4 is 5.73 Å². The van der Waals surface area contributed by atoms with Gasteiger partial charge in [0.05, 0.1) is 19.1 Å². The fraction of sp³-hybridized carbons (Fsp3) is 0.727. The molecule has 2 fully saturated rings. The third kappa shape index (κ3) is 8.27. The summed E-state index contributed by atoms with van der Waals surface area (Å²) >= 11 is 0. The molecule has 4 unspecified atom stereocenters. The molecule has 0 aliphatic heterocycles. The van der Waals surface area contributed by atoms with E-state index in [1.54, 1.807) is 26.8 Å². The minimum absolute atomic E-state index is 0.0289. The maximum atomic E-state index is 17.7. The lowest BCUT2D eigenvalue weighted by atomic mass is 9.45. The molecule has 0 bridgehead atoms. The molecule has 23 heteroatoms. The molecule has 0 aromatic rings. The number of ketones is 2. The predicted molar refractivity (Wildman–Crippen MR) is 178 cm³/mol. The van der Waals surface area contributed by atoms with E-state index in [-0.39, 0.29) is 31.5 Å². The first-order valence-corrected chi connectivity index (χ1v) is 17.6. The molecule has 0 radical (unpaired) electrons. The van der Waals surface area contributed by atoms with Crippen LogP contribution in [0.4, 0.5) is 4.39 Å². The highest BCUT2D eigenvalue weighted by Gasteiger charge is 2.77. The van der Waals surface area contributed by atoms with Gasteiger partial charge in [0.1, 0.15) is 19.3 Å². The van der Waals surface area contributed by atoms with Crippen molar-refractivity contribution in [1.82, 2.24) is 0 Å². The standard InChI is InChI=1S/C33H43FN4O18/c1-18-11-23-22-7-6-19-12-20(39)8-9-30(19,2)32(22,34)25(40)14-31(23,3)33(18,55-27(42)5-4-10-53-36(45)46)26(41)17-51-28(43)13-24(35)29(44)52-15-21(56-38(49)50)16-54-37(47)48/h6,8-9,18,21-25,40H,4-5,7,10-17,35H2,1-3H3/t18-,21?,22?,23?,24?,25-,30-,31-,32-,33-/m0/s1. The Morgan fingerprint density at radius 1 is 1.02 bits per heavy atom. The number of rotatable bonds is 19. The van der Waals surface area contributed by atoms with Gasteiger partial charge in [-0.25, -0.2) is 4.39 Å². The van der Waals surface area contributed by atoms with Crippen molar-refractivity contribution in [3.05, 3.63) is 54.1 Å². The summed E-state index contributed by atoms with van der Waals surface area (Å²) in [5, 5.41) is 39.8. The fourth-order valence-corrected chi connectivity index (χ4v) is 9.12. The highest BCUT2D eigenvalue weighted by atomic mass is 19.1. The number of nitrogens with two attached hydrogens (primary N) is 1. The highest BCUT2D eigenvalue weighted by Crippen LogP contribution is 2.71. The van der Waals surface area contributed by atoms with Gasteiger partial charge < -0.3 is 39.6 Å². The van der Waals surface area contributed by atoms with Crippen LogP contribution >= 0.6 is 0 Å². The number of esters is 3. The molecule has 0 heterocycles. The van der Waals surface area contributed by atoms with Crippen LogP contribution in [0.25, 0.3) is 0 Å². The zero-order chi connectivity index (χ0) is 41.8. The normalized spacial score (nSPS) is 32.5. The van der Waals surface area contributed by atoms with Gasteiger partial charge in [0.15, 0.2) is 29.8 Å². The number of nitrogens with zero attached hydrogens (tertiary/aromatic N) is 3. The molecule has 0 spiro atoms. The summed E-state index contributed by atoms with van der Waals surface area (Å²) in [6.45, 7) is 1.33. The number of hydrogen-bond acceptors (Lipinski definition) is 19. The zero-order valence-corrected chi connectivity index (χ0v) is 30.7. The Labute approximate surface area is 317 Å². The SMILES string of the molecule is C[C@H]1CC2C3CC=C4CC(=O)C=C[C@]4(C)[C@@]3(F)[C@@H](O)C[C@]2(C)[C@@]1(OC(=O)CCCO[N+](=O)[O-])C(=O)COC(=O)CC(N)C(=O)OCC(CO[N+](=O)[O-])O[N+](=O)[O-]. The third-order valence-corrected chi connectivity index (χ3v) is 11.6. The van der Waals surface area contributed by atoms with Gasteiger partial charge >= 0.3 is 17.9 Å². The molecular formula is C33H43FN4O18. The Morgan fingerprint density at radius 2 is 1.70 bits per heavy atom. The van der Waals surface area contributed by atoms with E-state index < -0.39 is 143 Å². The number of ether oxygens (including phenoxy) is 3. The van der Waals surface area contributed by atoms with Crippen molar-refractivity contribution in [2.75, 3.05) is 26.4 Å². The Hall–Kier alpha value is -5.32. The first kappa shape index (κ1) is 43.4. The van der Waals surface area contributed by atoms with Crippen molar-refractivity contribution in [2.24, 2.45) is 34.3 Å². The minimum atomic E-state index is -2.30.